The summed E-state index contributed by atoms with van der Waals surface area (Å²) < 4.78 is 33.1. The van der Waals surface area contributed by atoms with Gasteiger partial charge >= 0.3 is 0 Å². The average Bonchev–Trinajstić information content (AvgIpc) is 3.04. The van der Waals surface area contributed by atoms with E-state index in [1.54, 1.807) is 24.3 Å². The summed E-state index contributed by atoms with van der Waals surface area (Å²) in [5, 5.41) is 3.00. The Morgan fingerprint density at radius 3 is 1.93 bits per heavy atom. The van der Waals surface area contributed by atoms with Crippen molar-refractivity contribution in [3.05, 3.63) is 131 Å². The fourth-order valence-corrected chi connectivity index (χ4v) is 5.78. The first-order valence-corrected chi connectivity index (χ1v) is 17.3. The number of nitrogens with one attached hydrogen (secondary N) is 1. The Labute approximate surface area is 273 Å². The Bertz CT molecular complexity index is 1660. The first-order valence-electron chi connectivity index (χ1n) is 15.4. The van der Waals surface area contributed by atoms with Crippen molar-refractivity contribution in [3.8, 4) is 5.75 Å². The summed E-state index contributed by atoms with van der Waals surface area (Å²) in [6, 6.07) is 32.7. The number of nitrogens with zero attached hydrogens (tertiary/aromatic N) is 2. The molecule has 0 aromatic heterocycles. The molecule has 1 N–H and O–H groups in total. The summed E-state index contributed by atoms with van der Waals surface area (Å²) in [6.07, 6.45) is 1.34. The molecule has 0 saturated carbocycles. The predicted molar refractivity (Wildman–Crippen MR) is 183 cm³/mol. The number of amides is 2. The van der Waals surface area contributed by atoms with E-state index >= 15 is 0 Å². The molecule has 4 rings (SSSR count). The molecule has 0 heterocycles. The average molecular weight is 642 g/mol. The van der Waals surface area contributed by atoms with Crippen molar-refractivity contribution in [1.82, 2.24) is 10.2 Å². The van der Waals surface area contributed by atoms with Crippen LogP contribution in [0.4, 0.5) is 5.69 Å². The van der Waals surface area contributed by atoms with Crippen LogP contribution in [0.1, 0.15) is 36.1 Å². The molecule has 1 atom stereocenters. The normalized spacial score (nSPS) is 11.9. The highest BCUT2D eigenvalue weighted by molar-refractivity contribution is 7.92. The van der Waals surface area contributed by atoms with Gasteiger partial charge in [-0.3, -0.25) is 13.9 Å². The first-order chi connectivity index (χ1) is 22.0. The van der Waals surface area contributed by atoms with E-state index in [9.17, 15) is 18.0 Å². The van der Waals surface area contributed by atoms with Gasteiger partial charge in [-0.2, -0.15) is 0 Å². The van der Waals surface area contributed by atoms with E-state index in [1.807, 2.05) is 106 Å². The van der Waals surface area contributed by atoms with Crippen molar-refractivity contribution in [1.29, 1.82) is 0 Å². The van der Waals surface area contributed by atoms with Crippen LogP contribution in [-0.4, -0.2) is 50.5 Å². The van der Waals surface area contributed by atoms with Gasteiger partial charge in [0.15, 0.2) is 0 Å². The van der Waals surface area contributed by atoms with E-state index in [4.69, 9.17) is 4.74 Å². The van der Waals surface area contributed by atoms with E-state index in [0.717, 1.165) is 32.8 Å². The number of rotatable bonds is 15. The van der Waals surface area contributed by atoms with Crippen LogP contribution in [0.2, 0.25) is 0 Å². The van der Waals surface area contributed by atoms with Crippen molar-refractivity contribution in [2.24, 2.45) is 5.92 Å². The smallest absolute Gasteiger partial charge is 0.244 e. The SMILES string of the molecule is Cc1ccc(CN(C(=O)CN(c2ccc(OCc3ccccc3)cc2)S(C)(=O)=O)[C@@H](Cc2ccccc2)C(=O)NCC(C)C)cc1. The zero-order valence-corrected chi connectivity index (χ0v) is 27.7. The van der Waals surface area contributed by atoms with Crippen molar-refractivity contribution in [2.45, 2.75) is 46.4 Å². The second-order valence-corrected chi connectivity index (χ2v) is 13.8. The number of hydrogen-bond acceptors (Lipinski definition) is 5. The van der Waals surface area contributed by atoms with E-state index < -0.39 is 28.5 Å². The molecule has 2 amide bonds. The van der Waals surface area contributed by atoms with Gasteiger partial charge in [0.05, 0.1) is 11.9 Å². The van der Waals surface area contributed by atoms with Crippen LogP contribution >= 0.6 is 0 Å². The minimum Gasteiger partial charge on any atom is -0.489 e. The summed E-state index contributed by atoms with van der Waals surface area (Å²) in [5.41, 5.74) is 4.12. The van der Waals surface area contributed by atoms with Gasteiger partial charge in [0, 0.05) is 19.5 Å². The number of hydrogen-bond donors (Lipinski definition) is 1. The van der Waals surface area contributed by atoms with Crippen molar-refractivity contribution >= 4 is 27.5 Å². The third-order valence-electron chi connectivity index (χ3n) is 7.48. The van der Waals surface area contributed by atoms with E-state index in [2.05, 4.69) is 5.32 Å². The van der Waals surface area contributed by atoms with Crippen LogP contribution in [0.5, 0.6) is 5.75 Å². The van der Waals surface area contributed by atoms with E-state index in [-0.39, 0.29) is 24.8 Å². The van der Waals surface area contributed by atoms with Gasteiger partial charge in [-0.25, -0.2) is 8.42 Å². The highest BCUT2D eigenvalue weighted by atomic mass is 32.2. The lowest BCUT2D eigenvalue weighted by Crippen LogP contribution is -2.53. The minimum absolute atomic E-state index is 0.135. The molecule has 242 valence electrons. The van der Waals surface area contributed by atoms with Gasteiger partial charge in [-0.15, -0.1) is 0 Å². The van der Waals surface area contributed by atoms with Crippen LogP contribution in [0, 0.1) is 12.8 Å². The van der Waals surface area contributed by atoms with Crippen LogP contribution in [0.3, 0.4) is 0 Å². The van der Waals surface area contributed by atoms with Crippen molar-refractivity contribution in [3.63, 3.8) is 0 Å². The van der Waals surface area contributed by atoms with Crippen LogP contribution in [-0.2, 0) is 39.2 Å². The second kappa shape index (κ2) is 16.1. The van der Waals surface area contributed by atoms with Crippen LogP contribution < -0.4 is 14.4 Å². The predicted octanol–water partition coefficient (Wildman–Crippen LogP) is 5.75. The molecule has 0 aliphatic carbocycles. The topological polar surface area (TPSA) is 96.0 Å². The van der Waals surface area contributed by atoms with Crippen molar-refractivity contribution < 1.29 is 22.7 Å². The lowest BCUT2D eigenvalue weighted by molar-refractivity contribution is -0.140. The number of sulfonamides is 1. The summed E-state index contributed by atoms with van der Waals surface area (Å²) in [6.45, 7) is 6.46. The molecular formula is C37H43N3O5S. The molecule has 0 radical (unpaired) electrons. The maximum atomic E-state index is 14.3. The first kappa shape index (κ1) is 34.2. The molecule has 9 heteroatoms. The Hall–Kier alpha value is -4.63. The number of aryl methyl sites for hydroxylation is 1. The van der Waals surface area contributed by atoms with Gasteiger partial charge in [-0.1, -0.05) is 104 Å². The molecule has 0 aliphatic rings. The number of carbonyl (C=O) groups excluding carboxylic acids is 2. The maximum Gasteiger partial charge on any atom is 0.244 e. The van der Waals surface area contributed by atoms with Crippen molar-refractivity contribution in [2.75, 3.05) is 23.7 Å². The Balaban J connectivity index is 1.63. The van der Waals surface area contributed by atoms with Gasteiger partial charge in [0.25, 0.3) is 0 Å². The lowest BCUT2D eigenvalue weighted by Gasteiger charge is -2.33. The summed E-state index contributed by atoms with van der Waals surface area (Å²) in [7, 11) is -3.87. The molecule has 0 saturated heterocycles. The summed E-state index contributed by atoms with van der Waals surface area (Å²) in [4.78, 5) is 29.5. The monoisotopic (exact) mass is 641 g/mol. The molecule has 0 aliphatic heterocycles. The summed E-state index contributed by atoms with van der Waals surface area (Å²) in [5.74, 6) is 0.000873. The van der Waals surface area contributed by atoms with Gasteiger partial charge in [0.2, 0.25) is 21.8 Å². The Morgan fingerprint density at radius 1 is 0.783 bits per heavy atom. The maximum absolute atomic E-state index is 14.3. The molecule has 0 spiro atoms. The molecule has 0 bridgehead atoms. The zero-order valence-electron chi connectivity index (χ0n) is 26.9. The minimum atomic E-state index is -3.87. The molecular weight excluding hydrogens is 598 g/mol. The fourth-order valence-electron chi connectivity index (χ4n) is 4.93. The standard InChI is InChI=1S/C37H43N3O5S/c1-28(2)24-38-37(42)35(23-30-11-7-5-8-12-30)39(25-31-17-15-29(3)16-18-31)36(41)26-40(46(4,43)44)33-19-21-34(22-20-33)45-27-32-13-9-6-10-14-32/h5-22,28,35H,23-27H2,1-4H3,(H,38,42)/t35-/m0/s1. The van der Waals surface area contributed by atoms with Crippen LogP contribution in [0.15, 0.2) is 109 Å². The Morgan fingerprint density at radius 2 is 1.37 bits per heavy atom. The molecule has 0 fully saturated rings. The summed E-state index contributed by atoms with van der Waals surface area (Å²) >= 11 is 0. The molecule has 0 unspecified atom stereocenters. The van der Waals surface area contributed by atoms with Gasteiger partial charge < -0.3 is 15.0 Å². The quantitative estimate of drug-likeness (QED) is 0.178. The Kier molecular flexibility index (Phi) is 12.0. The highest BCUT2D eigenvalue weighted by Gasteiger charge is 2.33. The zero-order chi connectivity index (χ0) is 33.1. The highest BCUT2D eigenvalue weighted by Crippen LogP contribution is 2.24. The number of carbonyl (C=O) groups is 2. The largest absolute Gasteiger partial charge is 0.489 e. The number of ether oxygens (including phenoxy) is 1. The lowest BCUT2D eigenvalue weighted by atomic mass is 10.0. The van der Waals surface area contributed by atoms with Gasteiger partial charge in [0.1, 0.15) is 24.9 Å². The molecule has 4 aromatic rings. The fraction of sp³-hybridized carbons (Fsp3) is 0.297. The van der Waals surface area contributed by atoms with E-state index in [0.29, 0.717) is 24.6 Å². The molecule has 46 heavy (non-hydrogen) atoms. The third-order valence-corrected chi connectivity index (χ3v) is 8.62. The molecule has 4 aromatic carbocycles. The second-order valence-electron chi connectivity index (χ2n) is 11.9. The van der Waals surface area contributed by atoms with Crippen LogP contribution in [0.25, 0.3) is 0 Å². The van der Waals surface area contributed by atoms with E-state index in [1.165, 1.54) is 4.90 Å². The number of benzene rings is 4. The van der Waals surface area contributed by atoms with Gasteiger partial charge in [-0.05, 0) is 53.8 Å². The molecule has 8 nitrogen and oxygen atoms in total. The third kappa shape index (κ3) is 10.2. The number of anilines is 1.